The number of amides is 1. The van der Waals surface area contributed by atoms with E-state index in [0.29, 0.717) is 13.1 Å². The van der Waals surface area contributed by atoms with Gasteiger partial charge in [0.15, 0.2) is 0 Å². The Balaban J connectivity index is 1.90. The van der Waals surface area contributed by atoms with E-state index in [1.165, 1.54) is 5.56 Å². The van der Waals surface area contributed by atoms with Gasteiger partial charge in [0.25, 0.3) is 0 Å². The van der Waals surface area contributed by atoms with Crippen LogP contribution in [0.3, 0.4) is 0 Å². The topological polar surface area (TPSA) is 70.4 Å². The zero-order valence-corrected chi connectivity index (χ0v) is 13.1. The quantitative estimate of drug-likeness (QED) is 0.732. The highest BCUT2D eigenvalue weighted by molar-refractivity contribution is 5.77. The number of likely N-dealkylation sites (N-methyl/N-ethyl adjacent to an activating group) is 1. The third kappa shape index (κ3) is 4.36. The van der Waals surface area contributed by atoms with Crippen molar-refractivity contribution in [2.45, 2.75) is 13.0 Å². The number of nitrogens with one attached hydrogen (secondary N) is 2. The number of nitrogens with zero attached hydrogens (tertiary/aromatic N) is 1. The van der Waals surface area contributed by atoms with Crippen LogP contribution < -0.4 is 16.4 Å². The molecule has 0 atom stereocenters. The fourth-order valence-corrected chi connectivity index (χ4v) is 2.52. The second kappa shape index (κ2) is 7.66. The molecule has 4 N–H and O–H groups in total. The smallest absolute Gasteiger partial charge is 0.233 e. The van der Waals surface area contributed by atoms with Crippen molar-refractivity contribution in [1.29, 1.82) is 0 Å². The first-order valence-electron chi connectivity index (χ1n) is 7.47. The van der Waals surface area contributed by atoms with Crippen LogP contribution in [0.25, 0.3) is 0 Å². The Morgan fingerprint density at radius 1 is 1.36 bits per heavy atom. The Hall–Kier alpha value is -2.27. The molecular weight excluding hydrogens is 276 g/mol. The van der Waals surface area contributed by atoms with E-state index >= 15 is 0 Å². The maximum Gasteiger partial charge on any atom is 0.233 e. The summed E-state index contributed by atoms with van der Waals surface area (Å²) >= 11 is 0. The van der Waals surface area contributed by atoms with Crippen molar-refractivity contribution >= 4 is 5.91 Å². The molecule has 5 nitrogen and oxygen atoms in total. The van der Waals surface area contributed by atoms with Crippen molar-refractivity contribution in [1.82, 2.24) is 15.5 Å². The molecule has 0 unspecified atom stereocenters. The zero-order valence-electron chi connectivity index (χ0n) is 13.1. The summed E-state index contributed by atoms with van der Waals surface area (Å²) < 4.78 is 0. The lowest BCUT2D eigenvalue weighted by molar-refractivity contribution is -0.121. The Morgan fingerprint density at radius 2 is 2.09 bits per heavy atom. The first-order valence-corrected chi connectivity index (χ1v) is 7.47. The second-order valence-electron chi connectivity index (χ2n) is 5.46. The lowest BCUT2D eigenvalue weighted by Crippen LogP contribution is -2.41. The van der Waals surface area contributed by atoms with Gasteiger partial charge in [-0.2, -0.15) is 0 Å². The van der Waals surface area contributed by atoms with Gasteiger partial charge in [-0.1, -0.05) is 36.9 Å². The molecule has 1 heterocycles. The predicted molar refractivity (Wildman–Crippen MR) is 88.8 cm³/mol. The van der Waals surface area contributed by atoms with E-state index < -0.39 is 0 Å². The van der Waals surface area contributed by atoms with Gasteiger partial charge in [0.2, 0.25) is 5.91 Å². The van der Waals surface area contributed by atoms with Gasteiger partial charge < -0.3 is 16.4 Å². The summed E-state index contributed by atoms with van der Waals surface area (Å²) in [6.07, 6.45) is 0.809. The minimum Gasteiger partial charge on any atom is -0.401 e. The second-order valence-corrected chi connectivity index (χ2v) is 5.46. The summed E-state index contributed by atoms with van der Waals surface area (Å²) in [5.41, 5.74) is 10.1. The monoisotopic (exact) mass is 300 g/mol. The molecule has 1 aliphatic heterocycles. The highest BCUT2D eigenvalue weighted by Gasteiger charge is 2.20. The van der Waals surface area contributed by atoms with Crippen LogP contribution >= 0.6 is 0 Å². The Bertz CT molecular complexity index is 565. The number of nitrogens with two attached hydrogens (primary N) is 1. The molecule has 1 aromatic carbocycles. The SMILES string of the molecule is C=C(NCc1ccccc1)C1=C(N)CN(CC(=O)NC)CC1. The summed E-state index contributed by atoms with van der Waals surface area (Å²) in [5, 5.41) is 5.97. The van der Waals surface area contributed by atoms with Crippen molar-refractivity contribution in [3.63, 3.8) is 0 Å². The molecule has 0 saturated carbocycles. The Morgan fingerprint density at radius 3 is 2.73 bits per heavy atom. The molecule has 0 fully saturated rings. The molecule has 0 saturated heterocycles. The van der Waals surface area contributed by atoms with E-state index in [0.717, 1.165) is 36.5 Å². The third-order valence-corrected chi connectivity index (χ3v) is 3.82. The molecule has 0 aromatic heterocycles. The molecule has 118 valence electrons. The van der Waals surface area contributed by atoms with Crippen molar-refractivity contribution in [3.05, 3.63) is 59.4 Å². The Kier molecular flexibility index (Phi) is 5.61. The summed E-state index contributed by atoms with van der Waals surface area (Å²) in [5.74, 6) is 0.0114. The fourth-order valence-electron chi connectivity index (χ4n) is 2.52. The maximum absolute atomic E-state index is 11.4. The van der Waals surface area contributed by atoms with E-state index in [2.05, 4.69) is 29.3 Å². The van der Waals surface area contributed by atoms with Crippen molar-refractivity contribution < 1.29 is 4.79 Å². The molecule has 2 rings (SSSR count). The molecule has 1 aromatic rings. The summed E-state index contributed by atoms with van der Waals surface area (Å²) in [4.78, 5) is 13.5. The van der Waals surface area contributed by atoms with Gasteiger partial charge in [0.05, 0.1) is 6.54 Å². The van der Waals surface area contributed by atoms with Crippen LogP contribution in [0, 0.1) is 0 Å². The van der Waals surface area contributed by atoms with E-state index in [-0.39, 0.29) is 5.91 Å². The molecule has 0 bridgehead atoms. The summed E-state index contributed by atoms with van der Waals surface area (Å²) in [7, 11) is 1.65. The van der Waals surface area contributed by atoms with Crippen molar-refractivity contribution in [2.75, 3.05) is 26.7 Å². The van der Waals surface area contributed by atoms with Crippen LogP contribution in [0.1, 0.15) is 12.0 Å². The van der Waals surface area contributed by atoms with Crippen LogP contribution in [0.5, 0.6) is 0 Å². The molecular formula is C17H24N4O. The van der Waals surface area contributed by atoms with Gasteiger partial charge >= 0.3 is 0 Å². The predicted octanol–water partition coefficient (Wildman–Crippen LogP) is 0.954. The molecule has 0 spiro atoms. The van der Waals surface area contributed by atoms with E-state index in [1.54, 1.807) is 7.05 Å². The number of hydrogen-bond acceptors (Lipinski definition) is 4. The lowest BCUT2D eigenvalue weighted by atomic mass is 10.0. The minimum atomic E-state index is 0.0114. The van der Waals surface area contributed by atoms with Gasteiger partial charge in [-0.25, -0.2) is 0 Å². The van der Waals surface area contributed by atoms with Crippen molar-refractivity contribution in [3.8, 4) is 0 Å². The molecule has 0 aliphatic carbocycles. The van der Waals surface area contributed by atoms with Crippen LogP contribution in [-0.2, 0) is 11.3 Å². The van der Waals surface area contributed by atoms with Crippen LogP contribution in [0.15, 0.2) is 53.9 Å². The Labute approximate surface area is 131 Å². The van der Waals surface area contributed by atoms with Crippen LogP contribution in [0.2, 0.25) is 0 Å². The average molecular weight is 300 g/mol. The number of carbonyl (C=O) groups excluding carboxylic acids is 1. The van der Waals surface area contributed by atoms with Gasteiger partial charge in [-0.05, 0) is 17.6 Å². The third-order valence-electron chi connectivity index (χ3n) is 3.82. The number of carbonyl (C=O) groups is 1. The minimum absolute atomic E-state index is 0.0114. The van der Waals surface area contributed by atoms with Gasteiger partial charge in [-0.15, -0.1) is 0 Å². The number of benzene rings is 1. The molecule has 1 aliphatic rings. The molecule has 5 heteroatoms. The van der Waals surface area contributed by atoms with Gasteiger partial charge in [0.1, 0.15) is 0 Å². The van der Waals surface area contributed by atoms with Crippen LogP contribution in [-0.4, -0.2) is 37.5 Å². The summed E-state index contributed by atoms with van der Waals surface area (Å²) in [6.45, 7) is 6.64. The average Bonchev–Trinajstić information content (AvgIpc) is 2.53. The first-order chi connectivity index (χ1) is 10.6. The number of hydrogen-bond donors (Lipinski definition) is 3. The standard InChI is InChI=1S/C17H24N4O/c1-13(20-10-14-6-4-3-5-7-14)15-8-9-21(11-16(15)18)12-17(22)19-2/h3-7,20H,1,8-12,18H2,2H3,(H,19,22). The van der Waals surface area contributed by atoms with E-state index in [1.807, 2.05) is 23.1 Å². The maximum atomic E-state index is 11.4. The van der Waals surface area contributed by atoms with Crippen molar-refractivity contribution in [2.24, 2.45) is 5.73 Å². The number of rotatable bonds is 6. The van der Waals surface area contributed by atoms with Gasteiger partial charge in [0, 0.05) is 38.1 Å². The highest BCUT2D eigenvalue weighted by Crippen LogP contribution is 2.19. The zero-order chi connectivity index (χ0) is 15.9. The largest absolute Gasteiger partial charge is 0.401 e. The lowest BCUT2D eigenvalue weighted by Gasteiger charge is -2.29. The number of allylic oxidation sites excluding steroid dienone is 1. The molecule has 22 heavy (non-hydrogen) atoms. The normalized spacial score (nSPS) is 15.5. The fraction of sp³-hybridized carbons (Fsp3) is 0.353. The molecule has 1 amide bonds. The molecule has 0 radical (unpaired) electrons. The highest BCUT2D eigenvalue weighted by atomic mass is 16.1. The first kappa shape index (κ1) is 16.1. The van der Waals surface area contributed by atoms with Gasteiger partial charge in [-0.3, -0.25) is 9.69 Å². The summed E-state index contributed by atoms with van der Waals surface area (Å²) in [6, 6.07) is 10.2. The van der Waals surface area contributed by atoms with Crippen LogP contribution in [0.4, 0.5) is 0 Å². The van der Waals surface area contributed by atoms with E-state index in [9.17, 15) is 4.79 Å². The van der Waals surface area contributed by atoms with E-state index in [4.69, 9.17) is 5.73 Å².